The largest absolute Gasteiger partial charge is 0.519 e. The highest BCUT2D eigenvalue weighted by molar-refractivity contribution is 9.10. The van der Waals surface area contributed by atoms with Gasteiger partial charge in [-0.05, 0) is 15.9 Å². The standard InChI is InChI=1S/C3H3BBrNO2S/c5-2-1-9-3(6-2)4(7)8/h1,7-8H. The summed E-state index contributed by atoms with van der Waals surface area (Å²) in [6.45, 7) is 0. The normalized spacial score (nSPS) is 9.67. The monoisotopic (exact) mass is 207 g/mol. The topological polar surface area (TPSA) is 53.4 Å². The highest BCUT2D eigenvalue weighted by Crippen LogP contribution is 2.06. The second-order valence-electron chi connectivity index (χ2n) is 1.38. The van der Waals surface area contributed by atoms with Crippen LogP contribution in [-0.2, 0) is 0 Å². The van der Waals surface area contributed by atoms with E-state index in [1.807, 2.05) is 0 Å². The van der Waals surface area contributed by atoms with E-state index in [0.717, 1.165) is 0 Å². The SMILES string of the molecule is OB(O)c1nc(Br)cs1. The number of nitrogens with zero attached hydrogens (tertiary/aromatic N) is 1. The number of hydrogen-bond acceptors (Lipinski definition) is 4. The van der Waals surface area contributed by atoms with Crippen LogP contribution in [0.15, 0.2) is 9.98 Å². The summed E-state index contributed by atoms with van der Waals surface area (Å²) in [6.07, 6.45) is 0. The Labute approximate surface area is 64.6 Å². The van der Waals surface area contributed by atoms with Crippen molar-refractivity contribution in [2.75, 3.05) is 0 Å². The predicted octanol–water partition coefficient (Wildman–Crippen LogP) is -0.415. The van der Waals surface area contributed by atoms with Crippen molar-refractivity contribution in [2.24, 2.45) is 0 Å². The van der Waals surface area contributed by atoms with Gasteiger partial charge in [0.2, 0.25) is 0 Å². The van der Waals surface area contributed by atoms with E-state index in [9.17, 15) is 0 Å². The number of halogens is 1. The van der Waals surface area contributed by atoms with Gasteiger partial charge >= 0.3 is 7.12 Å². The van der Waals surface area contributed by atoms with Crippen LogP contribution in [0.2, 0.25) is 0 Å². The van der Waals surface area contributed by atoms with Crippen LogP contribution in [0.4, 0.5) is 0 Å². The lowest BCUT2D eigenvalue weighted by atomic mass is 9.94. The van der Waals surface area contributed by atoms with Gasteiger partial charge in [0.1, 0.15) is 9.51 Å². The average molecular weight is 208 g/mol. The average Bonchev–Trinajstić information content (AvgIpc) is 2.14. The van der Waals surface area contributed by atoms with Gasteiger partial charge in [-0.2, -0.15) is 0 Å². The van der Waals surface area contributed by atoms with E-state index in [1.54, 1.807) is 5.38 Å². The quantitative estimate of drug-likeness (QED) is 0.616. The summed E-state index contributed by atoms with van der Waals surface area (Å²) in [6, 6.07) is 0. The molecule has 0 aromatic carbocycles. The van der Waals surface area contributed by atoms with Crippen LogP contribution >= 0.6 is 27.3 Å². The Morgan fingerprint density at radius 1 is 1.67 bits per heavy atom. The molecule has 2 N–H and O–H groups in total. The van der Waals surface area contributed by atoms with E-state index in [-0.39, 0.29) is 0 Å². The molecule has 0 saturated heterocycles. The van der Waals surface area contributed by atoms with Gasteiger partial charge < -0.3 is 10.0 Å². The molecule has 0 amide bonds. The summed E-state index contributed by atoms with van der Waals surface area (Å²) in [4.78, 5) is 4.05. The fourth-order valence-electron chi connectivity index (χ4n) is 0.386. The van der Waals surface area contributed by atoms with Gasteiger partial charge in [0.05, 0.1) is 0 Å². The van der Waals surface area contributed by atoms with E-state index in [2.05, 4.69) is 20.9 Å². The Balaban J connectivity index is 2.85. The fraction of sp³-hybridized carbons (Fsp3) is 0. The molecule has 1 aromatic heterocycles. The van der Waals surface area contributed by atoms with Crippen molar-refractivity contribution < 1.29 is 10.0 Å². The van der Waals surface area contributed by atoms with Crippen LogP contribution in [0.5, 0.6) is 0 Å². The summed E-state index contributed by atoms with van der Waals surface area (Å²) in [5, 5.41) is 18.7. The van der Waals surface area contributed by atoms with Gasteiger partial charge in [0, 0.05) is 5.38 Å². The minimum absolute atomic E-state index is 0.307. The molecule has 0 aliphatic heterocycles. The van der Waals surface area contributed by atoms with Gasteiger partial charge in [-0.25, -0.2) is 4.98 Å². The summed E-state index contributed by atoms with van der Waals surface area (Å²) >= 11 is 4.28. The van der Waals surface area contributed by atoms with Crippen molar-refractivity contribution in [2.45, 2.75) is 0 Å². The Morgan fingerprint density at radius 2 is 2.33 bits per heavy atom. The van der Waals surface area contributed by atoms with Crippen LogP contribution in [0.25, 0.3) is 0 Å². The summed E-state index contributed by atoms with van der Waals surface area (Å²) in [5.41, 5.74) is 0. The zero-order valence-electron chi connectivity index (χ0n) is 4.28. The van der Waals surface area contributed by atoms with Crippen molar-refractivity contribution in [3.05, 3.63) is 9.98 Å². The lowest BCUT2D eigenvalue weighted by molar-refractivity contribution is 0.425. The Hall–Kier alpha value is 0.0949. The Bertz CT molecular complexity index is 203. The molecular formula is C3H3BBrNO2S. The van der Waals surface area contributed by atoms with Gasteiger partial charge in [0.25, 0.3) is 0 Å². The van der Waals surface area contributed by atoms with Crippen LogP contribution in [-0.4, -0.2) is 22.2 Å². The molecule has 0 aliphatic rings. The van der Waals surface area contributed by atoms with Crippen molar-refractivity contribution in [3.8, 4) is 0 Å². The Kier molecular flexibility index (Phi) is 2.23. The molecule has 0 unspecified atom stereocenters. The molecule has 0 atom stereocenters. The van der Waals surface area contributed by atoms with Crippen molar-refractivity contribution in [1.29, 1.82) is 0 Å². The highest BCUT2D eigenvalue weighted by Gasteiger charge is 2.14. The Morgan fingerprint density at radius 3 is 2.56 bits per heavy atom. The molecule has 9 heavy (non-hydrogen) atoms. The van der Waals surface area contributed by atoms with Gasteiger partial charge in [0.15, 0.2) is 0 Å². The first kappa shape index (κ1) is 7.20. The first-order valence-electron chi connectivity index (χ1n) is 2.17. The maximum absolute atomic E-state index is 8.52. The van der Waals surface area contributed by atoms with Gasteiger partial charge in [-0.3, -0.25) is 0 Å². The molecule has 0 fully saturated rings. The molecule has 3 nitrogen and oxygen atoms in total. The molecule has 0 bridgehead atoms. The van der Waals surface area contributed by atoms with E-state index in [0.29, 0.717) is 9.51 Å². The third-order valence-electron chi connectivity index (χ3n) is 0.715. The first-order chi connectivity index (χ1) is 4.20. The smallest absolute Gasteiger partial charge is 0.422 e. The predicted molar refractivity (Wildman–Crippen MR) is 39.6 cm³/mol. The number of rotatable bonds is 1. The minimum atomic E-state index is -1.44. The van der Waals surface area contributed by atoms with Crippen molar-refractivity contribution in [3.63, 3.8) is 0 Å². The zero-order chi connectivity index (χ0) is 6.85. The molecule has 0 aliphatic carbocycles. The second kappa shape index (κ2) is 2.79. The van der Waals surface area contributed by atoms with Crippen LogP contribution in [0, 0.1) is 0 Å². The lowest BCUT2D eigenvalue weighted by Gasteiger charge is -1.86. The molecule has 0 spiro atoms. The van der Waals surface area contributed by atoms with Crippen molar-refractivity contribution >= 4 is 39.3 Å². The molecule has 0 radical (unpaired) electrons. The third-order valence-corrected chi connectivity index (χ3v) is 2.31. The summed E-state index contributed by atoms with van der Waals surface area (Å²) in [5.74, 6) is 0. The fourth-order valence-corrected chi connectivity index (χ4v) is 1.52. The van der Waals surface area contributed by atoms with E-state index < -0.39 is 7.12 Å². The van der Waals surface area contributed by atoms with Crippen molar-refractivity contribution in [1.82, 2.24) is 4.98 Å². The third kappa shape index (κ3) is 1.75. The molecule has 6 heteroatoms. The molecule has 1 heterocycles. The zero-order valence-corrected chi connectivity index (χ0v) is 6.69. The van der Waals surface area contributed by atoms with E-state index in [4.69, 9.17) is 10.0 Å². The molecular weight excluding hydrogens is 205 g/mol. The summed E-state index contributed by atoms with van der Waals surface area (Å²) in [7, 11) is -1.44. The van der Waals surface area contributed by atoms with Crippen LogP contribution in [0.3, 0.4) is 0 Å². The minimum Gasteiger partial charge on any atom is -0.422 e. The number of hydrogen-bond donors (Lipinski definition) is 2. The maximum atomic E-state index is 8.52. The van der Waals surface area contributed by atoms with Crippen LogP contribution in [0.1, 0.15) is 0 Å². The van der Waals surface area contributed by atoms with Crippen LogP contribution < -0.4 is 4.91 Å². The highest BCUT2D eigenvalue weighted by atomic mass is 79.9. The van der Waals surface area contributed by atoms with E-state index in [1.165, 1.54) is 11.3 Å². The van der Waals surface area contributed by atoms with Gasteiger partial charge in [-0.1, -0.05) is 0 Å². The molecule has 1 rings (SSSR count). The number of thiazole rings is 1. The molecule has 48 valence electrons. The van der Waals surface area contributed by atoms with Gasteiger partial charge in [-0.15, -0.1) is 11.3 Å². The maximum Gasteiger partial charge on any atom is 0.519 e. The molecule has 0 saturated carbocycles. The number of aromatic nitrogens is 1. The second-order valence-corrected chi connectivity index (χ2v) is 3.08. The lowest BCUT2D eigenvalue weighted by Crippen LogP contribution is -2.29. The molecule has 1 aromatic rings. The summed E-state index contributed by atoms with van der Waals surface area (Å²) < 4.78 is 0.635. The first-order valence-corrected chi connectivity index (χ1v) is 3.84. The van der Waals surface area contributed by atoms with E-state index >= 15 is 0 Å².